The second kappa shape index (κ2) is 4.00. The van der Waals surface area contributed by atoms with Crippen molar-refractivity contribution in [1.82, 2.24) is 5.43 Å². The van der Waals surface area contributed by atoms with Crippen molar-refractivity contribution in [1.29, 1.82) is 0 Å². The number of nitrogens with two attached hydrogens (primary N) is 1. The van der Waals surface area contributed by atoms with Crippen LogP contribution in [0.4, 0.5) is 8.78 Å². The van der Waals surface area contributed by atoms with Crippen LogP contribution in [0.1, 0.15) is 39.3 Å². The predicted octanol–water partition coefficient (Wildman–Crippen LogP) is 3.15. The van der Waals surface area contributed by atoms with Gasteiger partial charge in [0.1, 0.15) is 0 Å². The Morgan fingerprint density at radius 1 is 1.17 bits per heavy atom. The molecule has 2 rings (SSSR count). The van der Waals surface area contributed by atoms with E-state index in [1.807, 2.05) is 0 Å². The summed E-state index contributed by atoms with van der Waals surface area (Å²) < 4.78 is 27.2. The van der Waals surface area contributed by atoms with Gasteiger partial charge in [-0.05, 0) is 22.8 Å². The first-order chi connectivity index (χ1) is 8.25. The van der Waals surface area contributed by atoms with Crippen LogP contribution in [0, 0.1) is 28.4 Å². The van der Waals surface area contributed by atoms with E-state index in [9.17, 15) is 8.78 Å². The molecule has 1 fully saturated rings. The summed E-state index contributed by atoms with van der Waals surface area (Å²) in [6.45, 7) is 8.50. The first-order valence-corrected chi connectivity index (χ1v) is 6.15. The Hall–Kier alpha value is -1.00. The Morgan fingerprint density at radius 2 is 1.72 bits per heavy atom. The van der Waals surface area contributed by atoms with Crippen molar-refractivity contribution in [2.45, 2.75) is 33.7 Å². The minimum Gasteiger partial charge on any atom is -0.271 e. The Balaban J connectivity index is 2.40. The largest absolute Gasteiger partial charge is 0.271 e. The number of nitrogens with one attached hydrogen (secondary N) is 1. The lowest BCUT2D eigenvalue weighted by molar-refractivity contribution is 0.392. The molecule has 1 atom stereocenters. The van der Waals surface area contributed by atoms with Crippen LogP contribution in [-0.4, -0.2) is 0 Å². The van der Waals surface area contributed by atoms with Gasteiger partial charge in [-0.1, -0.05) is 39.8 Å². The molecule has 1 unspecified atom stereocenters. The molecule has 1 aliphatic carbocycles. The molecule has 0 aliphatic heterocycles. The van der Waals surface area contributed by atoms with Crippen molar-refractivity contribution < 1.29 is 8.78 Å². The quantitative estimate of drug-likeness (QED) is 0.642. The lowest BCUT2D eigenvalue weighted by atomic mass is 9.96. The maximum Gasteiger partial charge on any atom is 0.163 e. The van der Waals surface area contributed by atoms with E-state index >= 15 is 0 Å². The van der Waals surface area contributed by atoms with E-state index in [0.717, 1.165) is 6.07 Å². The molecular formula is C14H20F2N2. The topological polar surface area (TPSA) is 38.0 Å². The number of benzene rings is 1. The van der Waals surface area contributed by atoms with Crippen LogP contribution in [0.25, 0.3) is 0 Å². The van der Waals surface area contributed by atoms with Gasteiger partial charge < -0.3 is 0 Å². The maximum atomic E-state index is 13.9. The van der Waals surface area contributed by atoms with E-state index in [-0.39, 0.29) is 22.8 Å². The van der Waals surface area contributed by atoms with E-state index in [1.165, 1.54) is 6.07 Å². The van der Waals surface area contributed by atoms with Crippen LogP contribution in [0.2, 0.25) is 0 Å². The third-order valence-electron chi connectivity index (χ3n) is 4.96. The van der Waals surface area contributed by atoms with Gasteiger partial charge in [0.15, 0.2) is 11.6 Å². The molecule has 18 heavy (non-hydrogen) atoms. The summed E-state index contributed by atoms with van der Waals surface area (Å²) in [5.74, 6) is 4.10. The molecule has 0 heterocycles. The van der Waals surface area contributed by atoms with Gasteiger partial charge in [-0.15, -0.1) is 0 Å². The van der Waals surface area contributed by atoms with Gasteiger partial charge in [0.2, 0.25) is 0 Å². The first-order valence-electron chi connectivity index (χ1n) is 6.15. The van der Waals surface area contributed by atoms with Crippen molar-refractivity contribution >= 4 is 0 Å². The molecular weight excluding hydrogens is 234 g/mol. The highest BCUT2D eigenvalue weighted by Crippen LogP contribution is 2.72. The number of rotatable bonds is 3. The minimum atomic E-state index is -0.830. The van der Waals surface area contributed by atoms with Gasteiger partial charge in [0, 0.05) is 5.56 Å². The molecule has 3 N–H and O–H groups in total. The molecule has 1 aromatic carbocycles. The van der Waals surface area contributed by atoms with E-state index in [2.05, 4.69) is 33.1 Å². The third kappa shape index (κ3) is 1.67. The molecule has 1 saturated carbocycles. The fourth-order valence-corrected chi connectivity index (χ4v) is 3.21. The highest BCUT2D eigenvalue weighted by molar-refractivity contribution is 5.29. The molecule has 4 heteroatoms. The van der Waals surface area contributed by atoms with E-state index < -0.39 is 11.6 Å². The molecule has 0 amide bonds. The van der Waals surface area contributed by atoms with Crippen molar-refractivity contribution in [2.24, 2.45) is 22.6 Å². The fourth-order valence-electron chi connectivity index (χ4n) is 3.21. The average molecular weight is 254 g/mol. The fraction of sp³-hybridized carbons (Fsp3) is 0.571. The van der Waals surface area contributed by atoms with Crippen LogP contribution >= 0.6 is 0 Å². The Bertz CT molecular complexity index is 455. The molecule has 0 saturated heterocycles. The first kappa shape index (κ1) is 13.4. The molecule has 100 valence electrons. The summed E-state index contributed by atoms with van der Waals surface area (Å²) in [6.07, 6.45) is 0. The van der Waals surface area contributed by atoms with Crippen molar-refractivity contribution in [3.05, 3.63) is 35.4 Å². The Morgan fingerprint density at radius 3 is 2.17 bits per heavy atom. The number of hydrogen-bond donors (Lipinski definition) is 2. The molecule has 0 radical (unpaired) electrons. The average Bonchev–Trinajstić information content (AvgIpc) is 2.68. The number of hydrazine groups is 1. The monoisotopic (exact) mass is 254 g/mol. The maximum absolute atomic E-state index is 13.9. The highest BCUT2D eigenvalue weighted by atomic mass is 19.2. The van der Waals surface area contributed by atoms with Gasteiger partial charge in [-0.25, -0.2) is 8.78 Å². The minimum absolute atomic E-state index is 0.0444. The van der Waals surface area contributed by atoms with Crippen LogP contribution in [0.5, 0.6) is 0 Å². The number of halogens is 2. The van der Waals surface area contributed by atoms with Crippen LogP contribution in [0.15, 0.2) is 18.2 Å². The normalized spacial score (nSPS) is 22.8. The van der Waals surface area contributed by atoms with Gasteiger partial charge in [-0.2, -0.15) is 0 Å². The predicted molar refractivity (Wildman–Crippen MR) is 67.5 cm³/mol. The van der Waals surface area contributed by atoms with Gasteiger partial charge in [0.25, 0.3) is 0 Å². The van der Waals surface area contributed by atoms with Crippen molar-refractivity contribution in [3.8, 4) is 0 Å². The highest BCUT2D eigenvalue weighted by Gasteiger charge is 2.67. The summed E-state index contributed by atoms with van der Waals surface area (Å²) in [7, 11) is 0. The third-order valence-corrected chi connectivity index (χ3v) is 4.96. The second-order valence-corrected chi connectivity index (χ2v) is 6.21. The summed E-state index contributed by atoms with van der Waals surface area (Å²) in [5.41, 5.74) is 3.05. The smallest absolute Gasteiger partial charge is 0.163 e. The Kier molecular flexibility index (Phi) is 2.98. The molecule has 1 aliphatic rings. The SMILES string of the molecule is CC1(C)C(C(NN)c2cccc(F)c2F)C1(C)C. The standard InChI is InChI=1S/C14H20F2N2/c1-13(2)12(14(13,3)4)11(18-17)8-6-5-7-9(15)10(8)16/h5-7,11-12,18H,17H2,1-4H3. The van der Waals surface area contributed by atoms with Crippen molar-refractivity contribution in [2.75, 3.05) is 0 Å². The van der Waals surface area contributed by atoms with Crippen LogP contribution < -0.4 is 11.3 Å². The zero-order chi connectivity index (χ0) is 13.7. The molecule has 2 nitrogen and oxygen atoms in total. The van der Waals surface area contributed by atoms with E-state index in [0.29, 0.717) is 5.56 Å². The summed E-state index contributed by atoms with van der Waals surface area (Å²) in [6, 6.07) is 3.86. The molecule has 1 aromatic rings. The second-order valence-electron chi connectivity index (χ2n) is 6.21. The lowest BCUT2D eigenvalue weighted by Crippen LogP contribution is -2.32. The van der Waals surface area contributed by atoms with Gasteiger partial charge in [0.05, 0.1) is 6.04 Å². The zero-order valence-electron chi connectivity index (χ0n) is 11.2. The van der Waals surface area contributed by atoms with Crippen LogP contribution in [-0.2, 0) is 0 Å². The van der Waals surface area contributed by atoms with Crippen LogP contribution in [0.3, 0.4) is 0 Å². The molecule has 0 spiro atoms. The van der Waals surface area contributed by atoms with E-state index in [1.54, 1.807) is 6.07 Å². The summed E-state index contributed by atoms with van der Waals surface area (Å²) >= 11 is 0. The van der Waals surface area contributed by atoms with Gasteiger partial charge in [-0.3, -0.25) is 11.3 Å². The number of hydrogen-bond acceptors (Lipinski definition) is 2. The molecule has 0 aromatic heterocycles. The summed E-state index contributed by atoms with van der Waals surface area (Å²) in [5, 5.41) is 0. The Labute approximate surface area is 107 Å². The zero-order valence-corrected chi connectivity index (χ0v) is 11.2. The van der Waals surface area contributed by atoms with Gasteiger partial charge >= 0.3 is 0 Å². The van der Waals surface area contributed by atoms with Crippen molar-refractivity contribution in [3.63, 3.8) is 0 Å². The van der Waals surface area contributed by atoms with E-state index in [4.69, 9.17) is 5.84 Å². The molecule has 0 bridgehead atoms. The summed E-state index contributed by atoms with van der Waals surface area (Å²) in [4.78, 5) is 0. The lowest BCUT2D eigenvalue weighted by Gasteiger charge is -2.19.